The summed E-state index contributed by atoms with van der Waals surface area (Å²) in [6.07, 6.45) is 5.38. The summed E-state index contributed by atoms with van der Waals surface area (Å²) >= 11 is 0. The molecule has 1 fully saturated rings. The van der Waals surface area contributed by atoms with E-state index in [4.69, 9.17) is 5.73 Å². The third-order valence-electron chi connectivity index (χ3n) is 4.04. The molecule has 1 aliphatic heterocycles. The first kappa shape index (κ1) is 14.0. The lowest BCUT2D eigenvalue weighted by atomic mass is 9.89. The minimum Gasteiger partial charge on any atom is -0.330 e. The molecule has 96 valence electrons. The molecule has 1 saturated heterocycles. The van der Waals surface area contributed by atoms with Crippen LogP contribution in [0.15, 0.2) is 0 Å². The SMILES string of the molecule is CC(CCN)CN1CCCC(C(C)C)CC1. The Morgan fingerprint density at radius 3 is 2.56 bits per heavy atom. The van der Waals surface area contributed by atoms with Crippen molar-refractivity contribution in [1.29, 1.82) is 0 Å². The molecule has 0 saturated carbocycles. The van der Waals surface area contributed by atoms with Crippen LogP contribution in [-0.4, -0.2) is 31.1 Å². The molecule has 0 spiro atoms. The van der Waals surface area contributed by atoms with E-state index in [0.717, 1.165) is 24.3 Å². The number of hydrogen-bond acceptors (Lipinski definition) is 2. The molecular formula is C14H30N2. The predicted octanol–water partition coefficient (Wildman–Crippen LogP) is 2.73. The molecule has 0 radical (unpaired) electrons. The molecule has 0 amide bonds. The number of nitrogens with two attached hydrogens (primary N) is 1. The first-order valence-electron chi connectivity index (χ1n) is 7.06. The average Bonchev–Trinajstić information content (AvgIpc) is 2.43. The molecule has 0 bridgehead atoms. The summed E-state index contributed by atoms with van der Waals surface area (Å²) in [6, 6.07) is 0. The third-order valence-corrected chi connectivity index (χ3v) is 4.04. The second kappa shape index (κ2) is 7.29. The predicted molar refractivity (Wildman–Crippen MR) is 71.5 cm³/mol. The monoisotopic (exact) mass is 226 g/mol. The lowest BCUT2D eigenvalue weighted by Gasteiger charge is -2.24. The Labute approximate surface area is 102 Å². The minimum absolute atomic E-state index is 0.764. The van der Waals surface area contributed by atoms with Crippen molar-refractivity contribution < 1.29 is 0 Å². The highest BCUT2D eigenvalue weighted by molar-refractivity contribution is 4.73. The maximum atomic E-state index is 5.61. The zero-order valence-electron chi connectivity index (χ0n) is 11.4. The maximum absolute atomic E-state index is 5.61. The van der Waals surface area contributed by atoms with Crippen LogP contribution in [0.2, 0.25) is 0 Å². The van der Waals surface area contributed by atoms with Gasteiger partial charge in [0.1, 0.15) is 0 Å². The molecule has 16 heavy (non-hydrogen) atoms. The van der Waals surface area contributed by atoms with Crippen LogP contribution < -0.4 is 5.73 Å². The Bertz CT molecular complexity index is 180. The van der Waals surface area contributed by atoms with Gasteiger partial charge in [-0.3, -0.25) is 0 Å². The fourth-order valence-corrected chi connectivity index (χ4v) is 2.85. The van der Waals surface area contributed by atoms with Crippen LogP contribution in [-0.2, 0) is 0 Å². The van der Waals surface area contributed by atoms with Gasteiger partial charge in [0, 0.05) is 6.54 Å². The molecule has 2 atom stereocenters. The highest BCUT2D eigenvalue weighted by Gasteiger charge is 2.20. The Hall–Kier alpha value is -0.0800. The highest BCUT2D eigenvalue weighted by Crippen LogP contribution is 2.24. The third kappa shape index (κ3) is 4.84. The molecular weight excluding hydrogens is 196 g/mol. The Morgan fingerprint density at radius 2 is 1.94 bits per heavy atom. The summed E-state index contributed by atoms with van der Waals surface area (Å²) < 4.78 is 0. The summed E-state index contributed by atoms with van der Waals surface area (Å²) in [4.78, 5) is 2.66. The molecule has 1 aliphatic rings. The normalized spacial score (nSPS) is 25.7. The summed E-state index contributed by atoms with van der Waals surface area (Å²) in [7, 11) is 0. The largest absolute Gasteiger partial charge is 0.330 e. The van der Waals surface area contributed by atoms with Crippen LogP contribution in [0.3, 0.4) is 0 Å². The van der Waals surface area contributed by atoms with Gasteiger partial charge in [0.2, 0.25) is 0 Å². The molecule has 1 rings (SSSR count). The summed E-state index contributed by atoms with van der Waals surface area (Å²) in [5.41, 5.74) is 5.61. The zero-order valence-corrected chi connectivity index (χ0v) is 11.4. The average molecular weight is 226 g/mol. The van der Waals surface area contributed by atoms with Gasteiger partial charge in [0.05, 0.1) is 0 Å². The fraction of sp³-hybridized carbons (Fsp3) is 1.00. The van der Waals surface area contributed by atoms with Crippen LogP contribution in [0.5, 0.6) is 0 Å². The molecule has 0 aromatic rings. The van der Waals surface area contributed by atoms with E-state index in [0.29, 0.717) is 0 Å². The van der Waals surface area contributed by atoms with E-state index >= 15 is 0 Å². The molecule has 0 aliphatic carbocycles. The Morgan fingerprint density at radius 1 is 1.19 bits per heavy atom. The van der Waals surface area contributed by atoms with Gasteiger partial charge in [-0.1, -0.05) is 20.8 Å². The standard InChI is InChI=1S/C14H30N2/c1-12(2)14-5-4-9-16(10-7-14)11-13(3)6-8-15/h12-14H,4-11,15H2,1-3H3. The van der Waals surface area contributed by atoms with Crippen molar-refractivity contribution in [3.63, 3.8) is 0 Å². The summed E-state index contributed by atoms with van der Waals surface area (Å²) in [5, 5.41) is 0. The van der Waals surface area contributed by atoms with Crippen molar-refractivity contribution in [3.8, 4) is 0 Å². The molecule has 1 heterocycles. The topological polar surface area (TPSA) is 29.3 Å². The van der Waals surface area contributed by atoms with Crippen LogP contribution in [0, 0.1) is 17.8 Å². The van der Waals surface area contributed by atoms with Crippen molar-refractivity contribution in [2.24, 2.45) is 23.5 Å². The van der Waals surface area contributed by atoms with Gasteiger partial charge >= 0.3 is 0 Å². The van der Waals surface area contributed by atoms with Gasteiger partial charge in [-0.15, -0.1) is 0 Å². The summed E-state index contributed by atoms with van der Waals surface area (Å²) in [5.74, 6) is 2.58. The quantitative estimate of drug-likeness (QED) is 0.781. The van der Waals surface area contributed by atoms with Gasteiger partial charge < -0.3 is 10.6 Å². The van der Waals surface area contributed by atoms with Crippen molar-refractivity contribution >= 4 is 0 Å². The zero-order chi connectivity index (χ0) is 12.0. The molecule has 0 aromatic carbocycles. The van der Waals surface area contributed by atoms with E-state index in [1.807, 2.05) is 0 Å². The molecule has 2 nitrogen and oxygen atoms in total. The second-order valence-electron chi connectivity index (χ2n) is 5.92. The van der Waals surface area contributed by atoms with Gasteiger partial charge in [0.25, 0.3) is 0 Å². The molecule has 2 heteroatoms. The molecule has 0 aromatic heterocycles. The number of hydrogen-bond donors (Lipinski definition) is 1. The van der Waals surface area contributed by atoms with Gasteiger partial charge in [-0.05, 0) is 63.1 Å². The first-order valence-corrected chi connectivity index (χ1v) is 7.06. The van der Waals surface area contributed by atoms with E-state index in [1.165, 1.54) is 45.3 Å². The van der Waals surface area contributed by atoms with E-state index in [-0.39, 0.29) is 0 Å². The van der Waals surface area contributed by atoms with Crippen molar-refractivity contribution in [3.05, 3.63) is 0 Å². The summed E-state index contributed by atoms with van der Waals surface area (Å²) in [6.45, 7) is 11.8. The van der Waals surface area contributed by atoms with Gasteiger partial charge in [0.15, 0.2) is 0 Å². The second-order valence-corrected chi connectivity index (χ2v) is 5.92. The lowest BCUT2D eigenvalue weighted by molar-refractivity contribution is 0.234. The molecule has 2 unspecified atom stereocenters. The Kier molecular flexibility index (Phi) is 6.37. The van der Waals surface area contributed by atoms with Crippen LogP contribution in [0.1, 0.15) is 46.5 Å². The van der Waals surface area contributed by atoms with Crippen molar-refractivity contribution in [2.45, 2.75) is 46.5 Å². The van der Waals surface area contributed by atoms with Gasteiger partial charge in [-0.2, -0.15) is 0 Å². The van der Waals surface area contributed by atoms with Crippen molar-refractivity contribution in [1.82, 2.24) is 4.90 Å². The minimum atomic E-state index is 0.764. The smallest absolute Gasteiger partial charge is 0.000749 e. The number of likely N-dealkylation sites (tertiary alicyclic amines) is 1. The van der Waals surface area contributed by atoms with Crippen LogP contribution in [0.4, 0.5) is 0 Å². The van der Waals surface area contributed by atoms with E-state index in [9.17, 15) is 0 Å². The van der Waals surface area contributed by atoms with Crippen LogP contribution >= 0.6 is 0 Å². The number of rotatable bonds is 5. The Balaban J connectivity index is 2.29. The molecule has 2 N–H and O–H groups in total. The lowest BCUT2D eigenvalue weighted by Crippen LogP contribution is -2.30. The van der Waals surface area contributed by atoms with Crippen LogP contribution in [0.25, 0.3) is 0 Å². The van der Waals surface area contributed by atoms with E-state index < -0.39 is 0 Å². The number of nitrogens with zero attached hydrogens (tertiary/aromatic N) is 1. The van der Waals surface area contributed by atoms with Crippen molar-refractivity contribution in [2.75, 3.05) is 26.2 Å². The maximum Gasteiger partial charge on any atom is 0.000749 e. The fourth-order valence-electron chi connectivity index (χ4n) is 2.85. The highest BCUT2D eigenvalue weighted by atomic mass is 15.1. The van der Waals surface area contributed by atoms with Gasteiger partial charge in [-0.25, -0.2) is 0 Å². The van der Waals surface area contributed by atoms with E-state index in [2.05, 4.69) is 25.7 Å². The first-order chi connectivity index (χ1) is 7.63. The van der Waals surface area contributed by atoms with E-state index in [1.54, 1.807) is 0 Å².